The molecular formula is C12H27NSi. The van der Waals surface area contributed by atoms with Crippen molar-refractivity contribution in [1.29, 1.82) is 0 Å². The molecule has 0 aliphatic rings. The zero-order valence-corrected chi connectivity index (χ0v) is 11.6. The minimum atomic E-state index is -0.909. The van der Waals surface area contributed by atoms with Crippen LogP contribution in [-0.4, -0.2) is 26.1 Å². The van der Waals surface area contributed by atoms with Gasteiger partial charge in [0.05, 0.1) is 8.07 Å². The Kier molecular flexibility index (Phi) is 6.98. The van der Waals surface area contributed by atoms with Gasteiger partial charge in [-0.3, -0.25) is 0 Å². The third kappa shape index (κ3) is 6.25. The summed E-state index contributed by atoms with van der Waals surface area (Å²) in [6, 6.07) is 2.78. The van der Waals surface area contributed by atoms with Gasteiger partial charge >= 0.3 is 0 Å². The van der Waals surface area contributed by atoms with Crippen molar-refractivity contribution >= 4 is 8.07 Å². The van der Waals surface area contributed by atoms with Gasteiger partial charge in [0, 0.05) is 13.1 Å². The Morgan fingerprint density at radius 2 is 1.64 bits per heavy atom. The Balaban J connectivity index is 3.89. The Morgan fingerprint density at radius 1 is 1.07 bits per heavy atom. The van der Waals surface area contributed by atoms with Gasteiger partial charge in [0.2, 0.25) is 0 Å². The molecule has 0 rings (SSSR count). The van der Waals surface area contributed by atoms with Crippen molar-refractivity contribution < 1.29 is 0 Å². The predicted octanol–water partition coefficient (Wildman–Crippen LogP) is 3.96. The van der Waals surface area contributed by atoms with Crippen LogP contribution in [0.1, 0.15) is 27.2 Å². The van der Waals surface area contributed by atoms with Crippen LogP contribution >= 0.6 is 0 Å². The summed E-state index contributed by atoms with van der Waals surface area (Å²) in [6.45, 7) is 13.9. The van der Waals surface area contributed by atoms with Crippen LogP contribution in [0, 0.1) is 0 Å². The van der Waals surface area contributed by atoms with Crippen LogP contribution in [0.15, 0.2) is 12.3 Å². The van der Waals surface area contributed by atoms with Gasteiger partial charge in [-0.05, 0) is 26.1 Å². The van der Waals surface area contributed by atoms with E-state index in [0.29, 0.717) is 0 Å². The highest BCUT2D eigenvalue weighted by molar-refractivity contribution is 6.77. The second-order valence-corrected chi connectivity index (χ2v) is 9.96. The standard InChI is InChI=1S/C12H27NSi/c1-6-11-14(4,5)12-9-10-13(7-2)8-3/h9-10H,6-8,11-12H2,1-5H3. The van der Waals surface area contributed by atoms with E-state index in [2.05, 4.69) is 51.0 Å². The second kappa shape index (κ2) is 7.10. The average molecular weight is 213 g/mol. The minimum Gasteiger partial charge on any atom is -0.378 e. The summed E-state index contributed by atoms with van der Waals surface area (Å²) in [7, 11) is -0.909. The Morgan fingerprint density at radius 3 is 2.07 bits per heavy atom. The van der Waals surface area contributed by atoms with E-state index >= 15 is 0 Å². The molecule has 0 radical (unpaired) electrons. The lowest BCUT2D eigenvalue weighted by Crippen LogP contribution is -2.23. The summed E-state index contributed by atoms with van der Waals surface area (Å²) in [5.41, 5.74) is 0. The van der Waals surface area contributed by atoms with E-state index < -0.39 is 8.07 Å². The largest absolute Gasteiger partial charge is 0.378 e. The molecule has 0 aromatic heterocycles. The zero-order chi connectivity index (χ0) is 11.0. The van der Waals surface area contributed by atoms with Crippen molar-refractivity contribution in [1.82, 2.24) is 4.90 Å². The minimum absolute atomic E-state index is 0.909. The molecule has 14 heavy (non-hydrogen) atoms. The number of nitrogens with zero attached hydrogens (tertiary/aromatic N) is 1. The van der Waals surface area contributed by atoms with Crippen LogP contribution in [0.2, 0.25) is 25.2 Å². The molecule has 0 aliphatic carbocycles. The summed E-state index contributed by atoms with van der Waals surface area (Å²) < 4.78 is 0. The molecule has 84 valence electrons. The maximum absolute atomic E-state index is 2.49. The third-order valence-electron chi connectivity index (χ3n) is 2.73. The van der Waals surface area contributed by atoms with Gasteiger partial charge in [-0.2, -0.15) is 0 Å². The SMILES string of the molecule is CCC[Si](C)(C)CC=CN(CC)CC. The highest BCUT2D eigenvalue weighted by Crippen LogP contribution is 2.17. The Bertz CT molecular complexity index is 160. The second-order valence-electron chi connectivity index (χ2n) is 4.72. The first-order valence-corrected chi connectivity index (χ1v) is 9.37. The lowest BCUT2D eigenvalue weighted by atomic mass is 10.5. The number of rotatable bonds is 7. The van der Waals surface area contributed by atoms with Crippen molar-refractivity contribution in [2.24, 2.45) is 0 Å². The fraction of sp³-hybridized carbons (Fsp3) is 0.833. The molecule has 0 atom stereocenters. The molecule has 1 nitrogen and oxygen atoms in total. The monoisotopic (exact) mass is 213 g/mol. The van der Waals surface area contributed by atoms with E-state index in [-0.39, 0.29) is 0 Å². The van der Waals surface area contributed by atoms with Crippen molar-refractivity contribution in [3.05, 3.63) is 12.3 Å². The van der Waals surface area contributed by atoms with Crippen molar-refractivity contribution in [2.75, 3.05) is 13.1 Å². The van der Waals surface area contributed by atoms with Crippen LogP contribution < -0.4 is 0 Å². The zero-order valence-electron chi connectivity index (χ0n) is 10.6. The van der Waals surface area contributed by atoms with Crippen molar-refractivity contribution in [3.8, 4) is 0 Å². The molecule has 0 bridgehead atoms. The Labute approximate surface area is 91.2 Å². The molecule has 0 amide bonds. The molecule has 0 saturated carbocycles. The molecular weight excluding hydrogens is 186 g/mol. The summed E-state index contributed by atoms with van der Waals surface area (Å²) >= 11 is 0. The Hall–Kier alpha value is -0.243. The molecule has 0 aromatic carbocycles. The van der Waals surface area contributed by atoms with E-state index in [1.165, 1.54) is 18.5 Å². The first-order valence-electron chi connectivity index (χ1n) is 5.96. The molecule has 0 aromatic rings. The lowest BCUT2D eigenvalue weighted by Gasteiger charge is -2.20. The van der Waals surface area contributed by atoms with E-state index in [4.69, 9.17) is 0 Å². The van der Waals surface area contributed by atoms with Gasteiger partial charge in [-0.25, -0.2) is 0 Å². The number of hydrogen-bond acceptors (Lipinski definition) is 1. The number of allylic oxidation sites excluding steroid dienone is 1. The molecule has 0 unspecified atom stereocenters. The summed E-state index contributed by atoms with van der Waals surface area (Å²) in [5.74, 6) is 0. The fourth-order valence-corrected chi connectivity index (χ4v) is 4.04. The van der Waals surface area contributed by atoms with Crippen LogP contribution in [-0.2, 0) is 0 Å². The molecule has 0 fully saturated rings. The highest BCUT2D eigenvalue weighted by atomic mass is 28.3. The van der Waals surface area contributed by atoms with E-state index in [9.17, 15) is 0 Å². The molecule has 0 heterocycles. The summed E-state index contributed by atoms with van der Waals surface area (Å²) in [5, 5.41) is 0. The van der Waals surface area contributed by atoms with E-state index in [1.807, 2.05) is 0 Å². The first kappa shape index (κ1) is 13.8. The summed E-state index contributed by atoms with van der Waals surface area (Å²) in [4.78, 5) is 2.36. The van der Waals surface area contributed by atoms with Gasteiger partial charge < -0.3 is 4.90 Å². The lowest BCUT2D eigenvalue weighted by molar-refractivity contribution is 0.418. The quantitative estimate of drug-likeness (QED) is 0.579. The average Bonchev–Trinajstić information content (AvgIpc) is 2.12. The van der Waals surface area contributed by atoms with Crippen LogP contribution in [0.5, 0.6) is 0 Å². The van der Waals surface area contributed by atoms with Gasteiger partial charge in [-0.15, -0.1) is 0 Å². The molecule has 0 saturated heterocycles. The topological polar surface area (TPSA) is 3.24 Å². The maximum Gasteiger partial charge on any atom is 0.0511 e. The maximum atomic E-state index is 2.49. The molecule has 2 heteroatoms. The van der Waals surface area contributed by atoms with Gasteiger partial charge in [0.25, 0.3) is 0 Å². The molecule has 0 aliphatic heterocycles. The molecule has 0 spiro atoms. The van der Waals surface area contributed by atoms with Crippen molar-refractivity contribution in [3.63, 3.8) is 0 Å². The fourth-order valence-electron chi connectivity index (χ4n) is 1.73. The smallest absolute Gasteiger partial charge is 0.0511 e. The predicted molar refractivity (Wildman–Crippen MR) is 69.4 cm³/mol. The van der Waals surface area contributed by atoms with E-state index in [0.717, 1.165) is 13.1 Å². The van der Waals surface area contributed by atoms with Gasteiger partial charge in [0.1, 0.15) is 0 Å². The summed E-state index contributed by atoms with van der Waals surface area (Å²) in [6.07, 6.45) is 6.01. The van der Waals surface area contributed by atoms with Gasteiger partial charge in [0.15, 0.2) is 0 Å². The normalized spacial score (nSPS) is 12.4. The van der Waals surface area contributed by atoms with Crippen LogP contribution in [0.4, 0.5) is 0 Å². The van der Waals surface area contributed by atoms with E-state index in [1.54, 1.807) is 0 Å². The number of hydrogen-bond donors (Lipinski definition) is 0. The first-order chi connectivity index (χ1) is 6.55. The molecule has 0 N–H and O–H groups in total. The van der Waals surface area contributed by atoms with Crippen molar-refractivity contribution in [2.45, 2.75) is 52.4 Å². The van der Waals surface area contributed by atoms with Crippen LogP contribution in [0.25, 0.3) is 0 Å². The van der Waals surface area contributed by atoms with Crippen LogP contribution in [0.3, 0.4) is 0 Å². The highest BCUT2D eigenvalue weighted by Gasteiger charge is 2.16. The third-order valence-corrected chi connectivity index (χ3v) is 5.92. The van der Waals surface area contributed by atoms with Gasteiger partial charge in [-0.1, -0.05) is 38.6 Å².